The first-order valence-corrected chi connectivity index (χ1v) is 3.98. The quantitative estimate of drug-likeness (QED) is 0.510. The summed E-state index contributed by atoms with van der Waals surface area (Å²) in [6.45, 7) is -0.289. The van der Waals surface area contributed by atoms with E-state index in [1.54, 1.807) is 5.32 Å². The third-order valence-corrected chi connectivity index (χ3v) is 1.45. The van der Waals surface area contributed by atoms with E-state index in [0.29, 0.717) is 6.42 Å². The molecule has 2 N–H and O–H groups in total. The van der Waals surface area contributed by atoms with Gasteiger partial charge in [-0.3, -0.25) is 4.79 Å². The van der Waals surface area contributed by atoms with Crippen molar-refractivity contribution in [1.29, 1.82) is 0 Å². The fourth-order valence-corrected chi connectivity index (χ4v) is 0.656. The minimum Gasteiger partial charge on any atom is -0.396 e. The number of aliphatic hydroxyl groups excluding tert-OH is 1. The van der Waals surface area contributed by atoms with E-state index in [1.165, 1.54) is 0 Å². The Morgan fingerprint density at radius 1 is 1.36 bits per heavy atom. The van der Waals surface area contributed by atoms with Gasteiger partial charge in [-0.1, -0.05) is 0 Å². The van der Waals surface area contributed by atoms with Crippen molar-refractivity contribution in [1.82, 2.24) is 5.32 Å². The van der Waals surface area contributed by atoms with Crippen LogP contribution in [0.15, 0.2) is 0 Å². The van der Waals surface area contributed by atoms with Gasteiger partial charge in [0.2, 0.25) is 0 Å². The van der Waals surface area contributed by atoms with Gasteiger partial charge in [0.1, 0.15) is 0 Å². The van der Waals surface area contributed by atoms with Gasteiger partial charge in [-0.05, 0) is 12.8 Å². The van der Waals surface area contributed by atoms with Crippen LogP contribution in [0.1, 0.15) is 12.8 Å². The normalized spacial score (nSPS) is 11.9. The van der Waals surface area contributed by atoms with Crippen molar-refractivity contribution >= 4 is 5.91 Å². The molecular weight excluding hydrogens is 206 g/mol. The summed E-state index contributed by atoms with van der Waals surface area (Å²) in [6.07, 6.45) is -3.41. The summed E-state index contributed by atoms with van der Waals surface area (Å²) < 4.78 is 47.7. The Balaban J connectivity index is 3.84. The second-order valence-corrected chi connectivity index (χ2v) is 2.61. The lowest BCUT2D eigenvalue weighted by Crippen LogP contribution is -2.45. The van der Waals surface area contributed by atoms with Crippen LogP contribution in [-0.2, 0) is 4.79 Å². The lowest BCUT2D eigenvalue weighted by molar-refractivity contribution is -0.169. The number of alkyl halides is 4. The molecule has 0 spiro atoms. The van der Waals surface area contributed by atoms with Gasteiger partial charge in [0, 0.05) is 13.2 Å². The second-order valence-electron chi connectivity index (χ2n) is 2.61. The molecule has 0 saturated heterocycles. The van der Waals surface area contributed by atoms with Crippen LogP contribution in [-0.4, -0.2) is 36.5 Å². The Hall–Kier alpha value is -0.850. The van der Waals surface area contributed by atoms with Gasteiger partial charge < -0.3 is 10.4 Å². The van der Waals surface area contributed by atoms with Crippen LogP contribution in [0, 0.1) is 0 Å². The van der Waals surface area contributed by atoms with Crippen molar-refractivity contribution in [3.05, 3.63) is 0 Å². The minimum atomic E-state index is -4.64. The maximum atomic E-state index is 12.2. The van der Waals surface area contributed by atoms with Crippen LogP contribution in [0.4, 0.5) is 17.6 Å². The highest BCUT2D eigenvalue weighted by molar-refractivity contribution is 5.83. The molecule has 0 aromatic heterocycles. The Morgan fingerprint density at radius 3 is 2.36 bits per heavy atom. The first kappa shape index (κ1) is 13.2. The van der Waals surface area contributed by atoms with Crippen molar-refractivity contribution in [3.63, 3.8) is 0 Å². The number of halogens is 4. The molecule has 0 unspecified atom stereocenters. The van der Waals surface area contributed by atoms with Crippen LogP contribution in [0.25, 0.3) is 0 Å². The summed E-state index contributed by atoms with van der Waals surface area (Å²) in [4.78, 5) is 10.5. The maximum absolute atomic E-state index is 12.2. The summed E-state index contributed by atoms with van der Waals surface area (Å²) >= 11 is 0. The van der Waals surface area contributed by atoms with Gasteiger partial charge in [0.15, 0.2) is 0 Å². The molecule has 0 atom stereocenters. The summed E-state index contributed by atoms with van der Waals surface area (Å²) in [7, 11) is 0. The molecule has 0 rings (SSSR count). The predicted molar refractivity (Wildman–Crippen MR) is 40.3 cm³/mol. The number of amides is 1. The zero-order valence-corrected chi connectivity index (χ0v) is 7.27. The average Bonchev–Trinajstić information content (AvgIpc) is 2.11. The van der Waals surface area contributed by atoms with Crippen LogP contribution in [0.5, 0.6) is 0 Å². The maximum Gasteiger partial charge on any atom is 0.383 e. The molecule has 14 heavy (non-hydrogen) atoms. The molecule has 0 radical (unpaired) electrons. The second kappa shape index (κ2) is 5.79. The number of hydrogen-bond donors (Lipinski definition) is 2. The van der Waals surface area contributed by atoms with Crippen molar-refractivity contribution < 1.29 is 27.5 Å². The van der Waals surface area contributed by atoms with Gasteiger partial charge in [-0.15, -0.1) is 0 Å². The monoisotopic (exact) mass is 217 g/mol. The van der Waals surface area contributed by atoms with E-state index in [2.05, 4.69) is 0 Å². The Morgan fingerprint density at radius 2 is 1.93 bits per heavy atom. The molecule has 3 nitrogen and oxygen atoms in total. The molecule has 0 aromatic carbocycles. The number of carbonyl (C=O) groups excluding carboxylic acids is 1. The summed E-state index contributed by atoms with van der Waals surface area (Å²) in [5.74, 6) is -6.62. The topological polar surface area (TPSA) is 49.3 Å². The highest BCUT2D eigenvalue weighted by atomic mass is 19.3. The summed E-state index contributed by atoms with van der Waals surface area (Å²) in [6, 6.07) is 0. The molecule has 0 aliphatic carbocycles. The van der Waals surface area contributed by atoms with Crippen molar-refractivity contribution in [2.75, 3.05) is 13.2 Å². The van der Waals surface area contributed by atoms with E-state index in [4.69, 9.17) is 5.11 Å². The molecule has 0 aliphatic rings. The summed E-state index contributed by atoms with van der Waals surface area (Å²) in [5, 5.41) is 9.96. The van der Waals surface area contributed by atoms with E-state index < -0.39 is 18.3 Å². The Labute approximate surface area is 78.1 Å². The zero-order valence-electron chi connectivity index (χ0n) is 7.27. The van der Waals surface area contributed by atoms with E-state index in [0.717, 1.165) is 0 Å². The van der Waals surface area contributed by atoms with Crippen molar-refractivity contribution in [2.45, 2.75) is 25.2 Å². The van der Waals surface area contributed by atoms with Gasteiger partial charge in [0.25, 0.3) is 5.91 Å². The van der Waals surface area contributed by atoms with Crippen LogP contribution >= 0.6 is 0 Å². The van der Waals surface area contributed by atoms with Gasteiger partial charge in [-0.25, -0.2) is 8.78 Å². The highest BCUT2D eigenvalue weighted by Gasteiger charge is 2.48. The molecule has 7 heteroatoms. The van der Waals surface area contributed by atoms with Crippen molar-refractivity contribution in [2.24, 2.45) is 0 Å². The molecule has 84 valence electrons. The molecule has 0 heterocycles. The van der Waals surface area contributed by atoms with E-state index in [1.807, 2.05) is 0 Å². The Kier molecular flexibility index (Phi) is 5.44. The van der Waals surface area contributed by atoms with Gasteiger partial charge >= 0.3 is 12.3 Å². The first-order valence-electron chi connectivity index (χ1n) is 3.98. The largest absolute Gasteiger partial charge is 0.396 e. The lowest BCUT2D eigenvalue weighted by Gasteiger charge is -2.14. The van der Waals surface area contributed by atoms with Gasteiger partial charge in [0.05, 0.1) is 0 Å². The van der Waals surface area contributed by atoms with Gasteiger partial charge in [-0.2, -0.15) is 8.78 Å². The molecule has 0 bridgehead atoms. The lowest BCUT2D eigenvalue weighted by atomic mass is 10.3. The molecule has 0 saturated carbocycles. The number of nitrogens with one attached hydrogen (secondary N) is 1. The highest BCUT2D eigenvalue weighted by Crippen LogP contribution is 2.22. The fraction of sp³-hybridized carbons (Fsp3) is 0.857. The predicted octanol–water partition coefficient (Wildman–Crippen LogP) is 0.776. The summed E-state index contributed by atoms with van der Waals surface area (Å²) in [5.41, 5.74) is 0. The van der Waals surface area contributed by atoms with E-state index in [9.17, 15) is 22.4 Å². The van der Waals surface area contributed by atoms with Crippen LogP contribution < -0.4 is 5.32 Å². The molecular formula is C7H11F4NO2. The smallest absolute Gasteiger partial charge is 0.383 e. The van der Waals surface area contributed by atoms with Crippen molar-refractivity contribution in [3.8, 4) is 0 Å². The fourth-order valence-electron chi connectivity index (χ4n) is 0.656. The zero-order chi connectivity index (χ0) is 11.2. The molecule has 0 aliphatic heterocycles. The number of rotatable bonds is 6. The van der Waals surface area contributed by atoms with E-state index >= 15 is 0 Å². The SMILES string of the molecule is O=C(NCCCCO)C(F)(F)C(F)F. The van der Waals surface area contributed by atoms with E-state index in [-0.39, 0.29) is 19.6 Å². The number of unbranched alkanes of at least 4 members (excludes halogenated alkanes) is 1. The molecule has 1 amide bonds. The number of aliphatic hydroxyl groups is 1. The number of carbonyl (C=O) groups is 1. The molecule has 0 fully saturated rings. The Bertz CT molecular complexity index is 187. The first-order chi connectivity index (χ1) is 6.42. The third-order valence-electron chi connectivity index (χ3n) is 1.45. The standard InChI is InChI=1S/C7H11F4NO2/c8-5(9)7(10,11)6(14)12-3-1-2-4-13/h5,13H,1-4H2,(H,12,14). The average molecular weight is 217 g/mol. The molecule has 0 aromatic rings. The van der Waals surface area contributed by atoms with Crippen LogP contribution in [0.2, 0.25) is 0 Å². The minimum absolute atomic E-state index is 0.138. The third kappa shape index (κ3) is 3.91. The number of hydrogen-bond acceptors (Lipinski definition) is 2. The van der Waals surface area contributed by atoms with Crippen LogP contribution in [0.3, 0.4) is 0 Å².